The number of thiazole rings is 1. The second kappa shape index (κ2) is 11.6. The zero-order valence-corrected chi connectivity index (χ0v) is 20.3. The summed E-state index contributed by atoms with van der Waals surface area (Å²) in [6.07, 6.45) is 0. The topological polar surface area (TPSA) is 86.8 Å². The fraction of sp³-hybridized carbons (Fsp3) is 0.320. The van der Waals surface area contributed by atoms with Crippen LogP contribution in [0.3, 0.4) is 0 Å². The largest absolute Gasteiger partial charge is 0.493 e. The molecule has 0 aliphatic carbocycles. The molecule has 0 unspecified atom stereocenters. The Balaban J connectivity index is 1.65. The van der Waals surface area contributed by atoms with Gasteiger partial charge in [-0.05, 0) is 43.2 Å². The molecular formula is C25H27FN2O5S. The number of halogens is 1. The van der Waals surface area contributed by atoms with E-state index in [-0.39, 0.29) is 18.1 Å². The van der Waals surface area contributed by atoms with Crippen LogP contribution in [0.4, 0.5) is 4.39 Å². The van der Waals surface area contributed by atoms with Gasteiger partial charge >= 0.3 is 5.97 Å². The predicted octanol–water partition coefficient (Wildman–Crippen LogP) is 4.85. The quantitative estimate of drug-likeness (QED) is 0.412. The number of benzene rings is 2. The number of carbonyl (C=O) groups is 2. The van der Waals surface area contributed by atoms with E-state index < -0.39 is 23.7 Å². The number of amides is 1. The molecule has 1 heterocycles. The summed E-state index contributed by atoms with van der Waals surface area (Å²) in [5.74, 6) is -0.946. The lowest BCUT2D eigenvalue weighted by atomic mass is 10.0. The monoisotopic (exact) mass is 486 g/mol. The molecule has 1 atom stereocenters. The average molecular weight is 487 g/mol. The van der Waals surface area contributed by atoms with Crippen LogP contribution in [0.1, 0.15) is 36.8 Å². The third-order valence-corrected chi connectivity index (χ3v) is 5.89. The van der Waals surface area contributed by atoms with E-state index in [0.717, 1.165) is 10.6 Å². The minimum Gasteiger partial charge on any atom is -0.493 e. The van der Waals surface area contributed by atoms with E-state index in [4.69, 9.17) is 14.2 Å². The number of hydrogen-bond acceptors (Lipinski definition) is 7. The van der Waals surface area contributed by atoms with Gasteiger partial charge in [0.25, 0.3) is 5.91 Å². The summed E-state index contributed by atoms with van der Waals surface area (Å²) >= 11 is 1.41. The van der Waals surface area contributed by atoms with Gasteiger partial charge in [-0.15, -0.1) is 11.3 Å². The van der Waals surface area contributed by atoms with Crippen molar-refractivity contribution in [1.29, 1.82) is 0 Å². The minimum absolute atomic E-state index is 0.0533. The van der Waals surface area contributed by atoms with E-state index in [0.29, 0.717) is 23.8 Å². The molecule has 0 saturated heterocycles. The lowest BCUT2D eigenvalue weighted by Crippen LogP contribution is -2.45. The number of ether oxygens (including phenoxy) is 3. The third kappa shape index (κ3) is 6.11. The highest BCUT2D eigenvalue weighted by Crippen LogP contribution is 2.33. The summed E-state index contributed by atoms with van der Waals surface area (Å²) in [6.45, 7) is 5.92. The lowest BCUT2D eigenvalue weighted by Gasteiger charge is -2.20. The zero-order valence-electron chi connectivity index (χ0n) is 19.5. The van der Waals surface area contributed by atoms with Crippen LogP contribution in [-0.2, 0) is 16.1 Å². The van der Waals surface area contributed by atoms with Gasteiger partial charge in [-0.3, -0.25) is 4.79 Å². The van der Waals surface area contributed by atoms with E-state index in [1.807, 2.05) is 25.1 Å². The molecule has 2 aromatic carbocycles. The molecule has 34 heavy (non-hydrogen) atoms. The number of nitrogens with zero attached hydrogens (tertiary/aromatic N) is 1. The van der Waals surface area contributed by atoms with Gasteiger partial charge in [-0.2, -0.15) is 0 Å². The Kier molecular flexibility index (Phi) is 8.59. The Morgan fingerprint density at radius 2 is 1.91 bits per heavy atom. The van der Waals surface area contributed by atoms with Gasteiger partial charge in [0.2, 0.25) is 0 Å². The molecule has 0 fully saturated rings. The minimum atomic E-state index is -0.930. The van der Waals surface area contributed by atoms with Gasteiger partial charge < -0.3 is 19.5 Å². The second-order valence-electron chi connectivity index (χ2n) is 7.73. The highest BCUT2D eigenvalue weighted by Gasteiger charge is 2.27. The highest BCUT2D eigenvalue weighted by atomic mass is 32.1. The Bertz CT molecular complexity index is 1150. The number of nitrogens with one attached hydrogen (secondary N) is 1. The molecule has 3 rings (SSSR count). The average Bonchev–Trinajstić information content (AvgIpc) is 3.30. The van der Waals surface area contributed by atoms with E-state index in [1.54, 1.807) is 32.4 Å². The van der Waals surface area contributed by atoms with Gasteiger partial charge in [0.05, 0.1) is 25.0 Å². The smallest absolute Gasteiger partial charge is 0.329 e. The number of hydrogen-bond donors (Lipinski definition) is 1. The van der Waals surface area contributed by atoms with Gasteiger partial charge in [0.1, 0.15) is 23.5 Å². The maximum absolute atomic E-state index is 13.9. The molecule has 1 N–H and O–H groups in total. The normalized spacial score (nSPS) is 11.7. The van der Waals surface area contributed by atoms with E-state index in [1.165, 1.54) is 29.5 Å². The summed E-state index contributed by atoms with van der Waals surface area (Å²) in [5, 5.41) is 5.11. The second-order valence-corrected chi connectivity index (χ2v) is 8.58. The fourth-order valence-electron chi connectivity index (χ4n) is 3.18. The molecule has 0 aliphatic heterocycles. The van der Waals surface area contributed by atoms with Crippen LogP contribution in [0.5, 0.6) is 11.5 Å². The molecule has 180 valence electrons. The summed E-state index contributed by atoms with van der Waals surface area (Å²) in [4.78, 5) is 29.7. The van der Waals surface area contributed by atoms with Gasteiger partial charge in [0, 0.05) is 10.9 Å². The number of methoxy groups -OCH3 is 1. The number of rotatable bonds is 10. The summed E-state index contributed by atoms with van der Waals surface area (Å²) < 4.78 is 30.3. The first kappa shape index (κ1) is 25.2. The van der Waals surface area contributed by atoms with E-state index in [2.05, 4.69) is 10.3 Å². The van der Waals surface area contributed by atoms with Crippen molar-refractivity contribution in [2.24, 2.45) is 5.92 Å². The van der Waals surface area contributed by atoms with E-state index >= 15 is 0 Å². The molecule has 0 saturated carbocycles. The van der Waals surface area contributed by atoms with Crippen molar-refractivity contribution in [3.63, 3.8) is 0 Å². The first-order chi connectivity index (χ1) is 16.3. The van der Waals surface area contributed by atoms with Crippen molar-refractivity contribution in [1.82, 2.24) is 10.3 Å². The molecule has 0 aliphatic rings. The maximum atomic E-state index is 13.9. The van der Waals surface area contributed by atoms with Crippen molar-refractivity contribution >= 4 is 23.2 Å². The van der Waals surface area contributed by atoms with Crippen molar-refractivity contribution in [2.45, 2.75) is 33.4 Å². The Morgan fingerprint density at radius 3 is 2.59 bits per heavy atom. The zero-order chi connectivity index (χ0) is 24.7. The number of aromatic nitrogens is 1. The van der Waals surface area contributed by atoms with Crippen molar-refractivity contribution in [3.8, 4) is 22.1 Å². The van der Waals surface area contributed by atoms with Gasteiger partial charge in [-0.1, -0.05) is 26.0 Å². The molecule has 7 nitrogen and oxygen atoms in total. The summed E-state index contributed by atoms with van der Waals surface area (Å²) in [5.41, 5.74) is 1.29. The summed E-state index contributed by atoms with van der Waals surface area (Å²) in [6, 6.07) is 10.2. The maximum Gasteiger partial charge on any atom is 0.329 e. The first-order valence-electron chi connectivity index (χ1n) is 10.8. The molecule has 3 aromatic rings. The van der Waals surface area contributed by atoms with Gasteiger partial charge in [0.15, 0.2) is 11.5 Å². The molecule has 1 aromatic heterocycles. The predicted molar refractivity (Wildman–Crippen MR) is 128 cm³/mol. The fourth-order valence-corrected chi connectivity index (χ4v) is 3.98. The van der Waals surface area contributed by atoms with Crippen LogP contribution in [0.25, 0.3) is 10.6 Å². The SMILES string of the molecule is CCOc1ccc(-c2nc(COC(=O)[C@@H](NC(=O)c3ccccc3F)C(C)C)cs2)cc1OC. The van der Waals surface area contributed by atoms with Crippen molar-refractivity contribution in [3.05, 3.63) is 64.9 Å². The standard InChI is InChI=1S/C25H27FN2O5S/c1-5-32-20-11-10-16(12-21(20)31-4)24-27-17(14-34-24)13-33-25(30)22(15(2)3)28-23(29)18-8-6-7-9-19(18)26/h6-12,14-15,22H,5,13H2,1-4H3,(H,28,29)/t22-/m0/s1. The summed E-state index contributed by atoms with van der Waals surface area (Å²) in [7, 11) is 1.57. The highest BCUT2D eigenvalue weighted by molar-refractivity contribution is 7.13. The van der Waals surface area contributed by atoms with E-state index in [9.17, 15) is 14.0 Å². The van der Waals surface area contributed by atoms with Crippen LogP contribution in [-0.4, -0.2) is 36.6 Å². The Morgan fingerprint density at radius 1 is 1.15 bits per heavy atom. The third-order valence-electron chi connectivity index (χ3n) is 4.95. The molecule has 0 spiro atoms. The van der Waals surface area contributed by atoms with Crippen molar-refractivity contribution < 1.29 is 28.2 Å². The molecule has 0 bridgehead atoms. The van der Waals surface area contributed by atoms with Crippen LogP contribution in [0.15, 0.2) is 47.8 Å². The number of carbonyl (C=O) groups excluding carboxylic acids is 2. The van der Waals surface area contributed by atoms with Crippen molar-refractivity contribution in [2.75, 3.05) is 13.7 Å². The Labute approximate surface area is 201 Å². The molecule has 9 heteroatoms. The molecule has 0 radical (unpaired) electrons. The van der Waals surface area contributed by atoms with Crippen LogP contribution in [0.2, 0.25) is 0 Å². The molecular weight excluding hydrogens is 459 g/mol. The lowest BCUT2D eigenvalue weighted by molar-refractivity contribution is -0.148. The van der Waals surface area contributed by atoms with Crippen LogP contribution >= 0.6 is 11.3 Å². The van der Waals surface area contributed by atoms with Crippen LogP contribution in [0, 0.1) is 11.7 Å². The first-order valence-corrected chi connectivity index (χ1v) is 11.7. The van der Waals surface area contributed by atoms with Gasteiger partial charge in [-0.25, -0.2) is 14.2 Å². The Hall–Kier alpha value is -3.46. The molecule has 1 amide bonds. The van der Waals surface area contributed by atoms with Crippen LogP contribution < -0.4 is 14.8 Å². The number of esters is 1.